The van der Waals surface area contributed by atoms with Crippen LogP contribution in [0.3, 0.4) is 0 Å². The Hall–Kier alpha value is -3.52. The number of nitrogens with zero attached hydrogens (tertiary/aromatic N) is 3. The quantitative estimate of drug-likeness (QED) is 0.399. The van der Waals surface area contributed by atoms with E-state index in [0.717, 1.165) is 29.0 Å². The molecule has 5 rings (SSSR count). The average Bonchev–Trinajstić information content (AvgIpc) is 3.37. The summed E-state index contributed by atoms with van der Waals surface area (Å²) in [5, 5.41) is 10.3. The van der Waals surface area contributed by atoms with E-state index < -0.39 is 11.9 Å². The van der Waals surface area contributed by atoms with Gasteiger partial charge < -0.3 is 9.15 Å². The van der Waals surface area contributed by atoms with Crippen molar-refractivity contribution in [1.82, 2.24) is 10.2 Å². The van der Waals surface area contributed by atoms with Gasteiger partial charge in [0, 0.05) is 6.42 Å². The fourth-order valence-electron chi connectivity index (χ4n) is 4.20. The highest BCUT2D eigenvalue weighted by Crippen LogP contribution is 2.42. The first-order valence-corrected chi connectivity index (χ1v) is 11.8. The maximum atomic E-state index is 13.7. The van der Waals surface area contributed by atoms with Crippen LogP contribution in [-0.4, -0.2) is 22.7 Å². The second-order valence-corrected chi connectivity index (χ2v) is 9.03. The summed E-state index contributed by atoms with van der Waals surface area (Å²) in [5.41, 5.74) is 2.19. The third kappa shape index (κ3) is 3.60. The number of ether oxygens (including phenoxy) is 1. The molecule has 3 heterocycles. The Labute approximate surface area is 194 Å². The van der Waals surface area contributed by atoms with Crippen molar-refractivity contribution in [3.63, 3.8) is 0 Å². The van der Waals surface area contributed by atoms with E-state index in [1.807, 2.05) is 44.2 Å². The molecule has 7 nitrogen and oxygen atoms in total. The van der Waals surface area contributed by atoms with Gasteiger partial charge in [0.15, 0.2) is 5.43 Å². The van der Waals surface area contributed by atoms with Gasteiger partial charge in [0.05, 0.1) is 23.6 Å². The van der Waals surface area contributed by atoms with Crippen molar-refractivity contribution in [1.29, 1.82) is 0 Å². The molecule has 0 radical (unpaired) electrons. The second kappa shape index (κ2) is 8.44. The van der Waals surface area contributed by atoms with E-state index in [4.69, 9.17) is 9.15 Å². The van der Waals surface area contributed by atoms with Gasteiger partial charge in [0.25, 0.3) is 5.91 Å². The third-order valence-corrected chi connectivity index (χ3v) is 6.62. The number of benzene rings is 2. The van der Waals surface area contributed by atoms with Gasteiger partial charge in [0.1, 0.15) is 16.3 Å². The highest BCUT2D eigenvalue weighted by Gasteiger charge is 2.45. The number of hydrogen-bond donors (Lipinski definition) is 0. The predicted octanol–water partition coefficient (Wildman–Crippen LogP) is 5.05. The van der Waals surface area contributed by atoms with Crippen molar-refractivity contribution in [2.24, 2.45) is 0 Å². The topological polar surface area (TPSA) is 85.5 Å². The number of fused-ring (bicyclic) bond motifs is 2. The number of hydrogen-bond acceptors (Lipinski definition) is 7. The highest BCUT2D eigenvalue weighted by atomic mass is 32.1. The van der Waals surface area contributed by atoms with Crippen molar-refractivity contribution in [3.8, 4) is 5.75 Å². The minimum absolute atomic E-state index is 0.0513. The minimum Gasteiger partial charge on any atom is -0.494 e. The van der Waals surface area contributed by atoms with Gasteiger partial charge in [-0.2, -0.15) is 0 Å². The lowest BCUT2D eigenvalue weighted by Crippen LogP contribution is -2.29. The number of aryl methyl sites for hydroxylation is 2. The van der Waals surface area contributed by atoms with Crippen LogP contribution < -0.4 is 15.1 Å². The van der Waals surface area contributed by atoms with Crippen LogP contribution in [0.4, 0.5) is 5.13 Å². The van der Waals surface area contributed by atoms with Crippen LogP contribution in [0.2, 0.25) is 0 Å². The van der Waals surface area contributed by atoms with Crippen molar-refractivity contribution in [2.75, 3.05) is 11.5 Å². The van der Waals surface area contributed by atoms with Crippen molar-refractivity contribution >= 4 is 33.3 Å². The molecule has 1 atom stereocenters. The molecule has 0 saturated carbocycles. The summed E-state index contributed by atoms with van der Waals surface area (Å²) in [7, 11) is 0. The summed E-state index contributed by atoms with van der Waals surface area (Å²) in [6, 6.07) is 12.2. The molecule has 0 N–H and O–H groups in total. The van der Waals surface area contributed by atoms with E-state index in [1.165, 1.54) is 16.2 Å². The summed E-state index contributed by atoms with van der Waals surface area (Å²) < 4.78 is 11.7. The molecule has 4 aromatic rings. The van der Waals surface area contributed by atoms with E-state index in [1.54, 1.807) is 12.1 Å². The predicted molar refractivity (Wildman–Crippen MR) is 127 cm³/mol. The molecule has 1 unspecified atom stereocenters. The van der Waals surface area contributed by atoms with E-state index in [9.17, 15) is 9.59 Å². The van der Waals surface area contributed by atoms with Crippen molar-refractivity contribution < 1.29 is 13.9 Å². The molecule has 33 heavy (non-hydrogen) atoms. The van der Waals surface area contributed by atoms with Crippen LogP contribution in [0.5, 0.6) is 5.75 Å². The molecule has 8 heteroatoms. The van der Waals surface area contributed by atoms with Gasteiger partial charge in [-0.25, -0.2) is 0 Å². The zero-order valence-corrected chi connectivity index (χ0v) is 19.4. The Bertz CT molecular complexity index is 1420. The van der Waals surface area contributed by atoms with Crippen LogP contribution in [0.25, 0.3) is 11.0 Å². The normalized spacial score (nSPS) is 15.3. The zero-order valence-electron chi connectivity index (χ0n) is 18.6. The monoisotopic (exact) mass is 461 g/mol. The zero-order chi connectivity index (χ0) is 23.1. The lowest BCUT2D eigenvalue weighted by atomic mass is 9.98. The SMILES string of the molecule is CCCc1nnc(N2C(=O)c3oc4ccc(C)cc4c(=O)c3C2c2cccc(OCC)c2)s1. The second-order valence-electron chi connectivity index (χ2n) is 7.99. The van der Waals surface area contributed by atoms with Gasteiger partial charge in [0.2, 0.25) is 10.9 Å². The molecule has 168 valence electrons. The van der Waals surface area contributed by atoms with E-state index in [0.29, 0.717) is 34.0 Å². The first-order chi connectivity index (χ1) is 16.0. The minimum atomic E-state index is -0.684. The van der Waals surface area contributed by atoms with Crippen LogP contribution in [-0.2, 0) is 6.42 Å². The smallest absolute Gasteiger partial charge is 0.297 e. The van der Waals surface area contributed by atoms with Crippen LogP contribution in [0.1, 0.15) is 58.6 Å². The van der Waals surface area contributed by atoms with Gasteiger partial charge >= 0.3 is 0 Å². The first-order valence-electron chi connectivity index (χ1n) is 11.0. The van der Waals surface area contributed by atoms with Crippen LogP contribution >= 0.6 is 11.3 Å². The standard InChI is InChI=1S/C25H23N3O4S/c1-4-7-19-26-27-25(33-19)28-21(15-8-6-9-16(13-15)31-5-2)20-22(29)17-12-14(3)10-11-18(17)32-23(20)24(28)30/h6,8-13,21H,4-5,7H2,1-3H3. The van der Waals surface area contributed by atoms with Crippen molar-refractivity contribution in [3.05, 3.63) is 80.1 Å². The van der Waals surface area contributed by atoms with E-state index in [2.05, 4.69) is 17.1 Å². The Morgan fingerprint density at radius 1 is 1.12 bits per heavy atom. The summed E-state index contributed by atoms with van der Waals surface area (Å²) >= 11 is 1.36. The first kappa shape index (κ1) is 21.3. The van der Waals surface area contributed by atoms with Gasteiger partial charge in [-0.1, -0.05) is 42.0 Å². The molecule has 1 aliphatic rings. The third-order valence-electron chi connectivity index (χ3n) is 5.64. The number of carbonyl (C=O) groups excluding carboxylic acids is 1. The van der Waals surface area contributed by atoms with E-state index >= 15 is 0 Å². The Morgan fingerprint density at radius 3 is 2.76 bits per heavy atom. The molecular weight excluding hydrogens is 438 g/mol. The molecule has 0 fully saturated rings. The van der Waals surface area contributed by atoms with Crippen LogP contribution in [0, 0.1) is 6.92 Å². The maximum absolute atomic E-state index is 13.7. The largest absolute Gasteiger partial charge is 0.494 e. The number of amides is 1. The lowest BCUT2D eigenvalue weighted by molar-refractivity contribution is 0.0970. The molecule has 1 amide bonds. The molecular formula is C25H23N3O4S. The molecule has 2 aromatic carbocycles. The summed E-state index contributed by atoms with van der Waals surface area (Å²) in [4.78, 5) is 28.8. The Balaban J connectivity index is 1.75. The molecule has 0 aliphatic carbocycles. The molecule has 1 aliphatic heterocycles. The summed E-state index contributed by atoms with van der Waals surface area (Å²) in [5.74, 6) is 0.326. The van der Waals surface area contributed by atoms with E-state index in [-0.39, 0.29) is 11.2 Å². The number of anilines is 1. The maximum Gasteiger partial charge on any atom is 0.297 e. The number of carbonyl (C=O) groups is 1. The number of aromatic nitrogens is 2. The number of rotatable bonds is 6. The lowest BCUT2D eigenvalue weighted by Gasteiger charge is -2.22. The Kier molecular flexibility index (Phi) is 5.46. The van der Waals surface area contributed by atoms with Gasteiger partial charge in [-0.05, 0) is 50.1 Å². The van der Waals surface area contributed by atoms with Gasteiger partial charge in [-0.3, -0.25) is 14.5 Å². The molecule has 0 saturated heterocycles. The Morgan fingerprint density at radius 2 is 1.97 bits per heavy atom. The summed E-state index contributed by atoms with van der Waals surface area (Å²) in [6.07, 6.45) is 1.70. The summed E-state index contributed by atoms with van der Waals surface area (Å²) in [6.45, 7) is 6.41. The fourth-order valence-corrected chi connectivity index (χ4v) is 5.16. The highest BCUT2D eigenvalue weighted by molar-refractivity contribution is 7.15. The van der Waals surface area contributed by atoms with Crippen LogP contribution in [0.15, 0.2) is 51.7 Å². The molecule has 0 bridgehead atoms. The molecule has 2 aromatic heterocycles. The average molecular weight is 462 g/mol. The van der Waals surface area contributed by atoms with Crippen molar-refractivity contribution in [2.45, 2.75) is 39.7 Å². The molecule has 0 spiro atoms. The fraction of sp³-hybridized carbons (Fsp3) is 0.280. The van der Waals surface area contributed by atoms with Gasteiger partial charge in [-0.15, -0.1) is 10.2 Å².